The van der Waals surface area contributed by atoms with Crippen LogP contribution in [-0.2, 0) is 16.8 Å². The van der Waals surface area contributed by atoms with Gasteiger partial charge in [-0.3, -0.25) is 0 Å². The van der Waals surface area contributed by atoms with Crippen LogP contribution in [0.3, 0.4) is 0 Å². The van der Waals surface area contributed by atoms with Gasteiger partial charge in [-0.1, -0.05) is 19.1 Å². The van der Waals surface area contributed by atoms with Crippen LogP contribution >= 0.6 is 0 Å². The van der Waals surface area contributed by atoms with Crippen molar-refractivity contribution in [1.29, 1.82) is 5.26 Å². The Morgan fingerprint density at radius 3 is 2.76 bits per heavy atom. The van der Waals surface area contributed by atoms with Crippen molar-refractivity contribution in [1.82, 2.24) is 9.03 Å². The minimum absolute atomic E-state index is 0.241. The maximum absolute atomic E-state index is 11.6. The summed E-state index contributed by atoms with van der Waals surface area (Å²) in [6, 6.07) is 8.91. The molecule has 0 unspecified atom stereocenters. The van der Waals surface area contributed by atoms with Crippen molar-refractivity contribution in [2.24, 2.45) is 0 Å². The first-order valence-electron chi connectivity index (χ1n) is 5.19. The normalized spacial score (nSPS) is 11.4. The number of nitrogens with one attached hydrogen (secondary N) is 1. The molecule has 0 aliphatic carbocycles. The first-order chi connectivity index (χ1) is 7.99. The van der Waals surface area contributed by atoms with Crippen LogP contribution in [0.1, 0.15) is 18.1 Å². The highest BCUT2D eigenvalue weighted by Gasteiger charge is 2.16. The summed E-state index contributed by atoms with van der Waals surface area (Å²) in [5, 5.41) is 8.75. The molecule has 1 N–H and O–H groups in total. The molecule has 0 heterocycles. The molecule has 92 valence electrons. The molecule has 6 heteroatoms. The van der Waals surface area contributed by atoms with Gasteiger partial charge in [0.05, 0.1) is 11.6 Å². The summed E-state index contributed by atoms with van der Waals surface area (Å²) in [5.41, 5.74) is 1.31. The molecule has 1 aromatic carbocycles. The topological polar surface area (TPSA) is 73.2 Å². The Labute approximate surface area is 102 Å². The lowest BCUT2D eigenvalue weighted by atomic mass is 10.1. The summed E-state index contributed by atoms with van der Waals surface area (Å²) < 4.78 is 26.9. The van der Waals surface area contributed by atoms with Crippen LogP contribution in [0.4, 0.5) is 0 Å². The third-order valence-electron chi connectivity index (χ3n) is 2.20. The van der Waals surface area contributed by atoms with Crippen molar-refractivity contribution >= 4 is 10.2 Å². The van der Waals surface area contributed by atoms with Crippen molar-refractivity contribution < 1.29 is 8.42 Å². The van der Waals surface area contributed by atoms with Gasteiger partial charge in [-0.15, -0.1) is 0 Å². The Morgan fingerprint density at radius 2 is 2.18 bits per heavy atom. The van der Waals surface area contributed by atoms with E-state index in [1.807, 2.05) is 6.07 Å². The summed E-state index contributed by atoms with van der Waals surface area (Å²) in [6.07, 6.45) is 0. The fourth-order valence-electron chi connectivity index (χ4n) is 1.37. The average molecular weight is 253 g/mol. The number of nitrogens with zero attached hydrogens (tertiary/aromatic N) is 2. The van der Waals surface area contributed by atoms with Crippen LogP contribution in [0.25, 0.3) is 0 Å². The highest BCUT2D eigenvalue weighted by molar-refractivity contribution is 7.87. The van der Waals surface area contributed by atoms with E-state index in [-0.39, 0.29) is 6.54 Å². The molecule has 0 radical (unpaired) electrons. The van der Waals surface area contributed by atoms with Gasteiger partial charge in [0, 0.05) is 20.1 Å². The molecule has 0 saturated heterocycles. The molecule has 0 aliphatic heterocycles. The largest absolute Gasteiger partial charge is 0.279 e. The molecule has 17 heavy (non-hydrogen) atoms. The number of rotatable bonds is 5. The van der Waals surface area contributed by atoms with Crippen molar-refractivity contribution in [2.45, 2.75) is 13.5 Å². The molecule has 0 spiro atoms. The predicted octanol–water partition coefficient (Wildman–Crippen LogP) is 0.844. The van der Waals surface area contributed by atoms with Gasteiger partial charge in [-0.2, -0.15) is 18.0 Å². The van der Waals surface area contributed by atoms with E-state index in [1.54, 1.807) is 31.2 Å². The van der Waals surface area contributed by atoms with Crippen LogP contribution in [0.5, 0.6) is 0 Å². The second-order valence-electron chi connectivity index (χ2n) is 3.57. The van der Waals surface area contributed by atoms with E-state index in [4.69, 9.17) is 5.26 Å². The zero-order valence-corrected chi connectivity index (χ0v) is 10.7. The minimum Gasteiger partial charge on any atom is -0.202 e. The molecule has 1 rings (SSSR count). The second kappa shape index (κ2) is 5.77. The number of hydrogen-bond donors (Lipinski definition) is 1. The number of hydrogen-bond acceptors (Lipinski definition) is 3. The van der Waals surface area contributed by atoms with Crippen molar-refractivity contribution in [3.05, 3.63) is 35.4 Å². The Balaban J connectivity index is 2.81. The fourth-order valence-corrected chi connectivity index (χ4v) is 2.28. The highest BCUT2D eigenvalue weighted by Crippen LogP contribution is 2.08. The van der Waals surface area contributed by atoms with Gasteiger partial charge < -0.3 is 0 Å². The molecule has 0 amide bonds. The van der Waals surface area contributed by atoms with Crippen LogP contribution in [0, 0.1) is 11.3 Å². The summed E-state index contributed by atoms with van der Waals surface area (Å²) in [5.74, 6) is 0. The van der Waals surface area contributed by atoms with E-state index in [2.05, 4.69) is 4.72 Å². The molecular formula is C11H15N3O2S. The molecule has 0 atom stereocenters. The Morgan fingerprint density at radius 1 is 1.47 bits per heavy atom. The molecule has 5 nitrogen and oxygen atoms in total. The zero-order chi connectivity index (χ0) is 12.9. The highest BCUT2D eigenvalue weighted by atomic mass is 32.2. The van der Waals surface area contributed by atoms with E-state index in [0.717, 1.165) is 5.56 Å². The summed E-state index contributed by atoms with van der Waals surface area (Å²) in [6.45, 7) is 2.32. The molecule has 0 aromatic heterocycles. The third-order valence-corrected chi connectivity index (χ3v) is 3.80. The quantitative estimate of drug-likeness (QED) is 0.845. The Hall–Kier alpha value is -1.42. The van der Waals surface area contributed by atoms with E-state index < -0.39 is 10.2 Å². The fraction of sp³-hybridized carbons (Fsp3) is 0.364. The third kappa shape index (κ3) is 3.82. The second-order valence-corrected chi connectivity index (χ2v) is 5.43. The Bertz CT molecular complexity index is 520. The SMILES string of the molecule is CCNS(=O)(=O)N(C)Cc1cccc(C#N)c1. The molecular weight excluding hydrogens is 238 g/mol. The first-order valence-corrected chi connectivity index (χ1v) is 6.63. The Kier molecular flexibility index (Phi) is 4.63. The van der Waals surface area contributed by atoms with Gasteiger partial charge >= 0.3 is 0 Å². The van der Waals surface area contributed by atoms with Crippen LogP contribution < -0.4 is 4.72 Å². The predicted molar refractivity (Wildman–Crippen MR) is 65.2 cm³/mol. The first kappa shape index (κ1) is 13.6. The molecule has 0 bridgehead atoms. The van der Waals surface area contributed by atoms with Gasteiger partial charge in [0.1, 0.15) is 0 Å². The molecule has 0 fully saturated rings. The summed E-state index contributed by atoms with van der Waals surface area (Å²) in [4.78, 5) is 0. The van der Waals surface area contributed by atoms with Crippen LogP contribution in [-0.4, -0.2) is 26.3 Å². The van der Waals surface area contributed by atoms with Gasteiger partial charge in [0.25, 0.3) is 10.2 Å². The van der Waals surface area contributed by atoms with Crippen molar-refractivity contribution in [2.75, 3.05) is 13.6 Å². The van der Waals surface area contributed by atoms with Crippen molar-refractivity contribution in [3.63, 3.8) is 0 Å². The maximum Gasteiger partial charge on any atom is 0.279 e. The van der Waals surface area contributed by atoms with Gasteiger partial charge in [0.15, 0.2) is 0 Å². The summed E-state index contributed by atoms with van der Waals surface area (Å²) in [7, 11) is -1.93. The van der Waals surface area contributed by atoms with E-state index in [0.29, 0.717) is 12.1 Å². The minimum atomic E-state index is -3.43. The van der Waals surface area contributed by atoms with Gasteiger partial charge in [-0.25, -0.2) is 4.72 Å². The van der Waals surface area contributed by atoms with E-state index in [1.165, 1.54) is 11.4 Å². The number of benzene rings is 1. The lowest BCUT2D eigenvalue weighted by Gasteiger charge is -2.17. The average Bonchev–Trinajstić information content (AvgIpc) is 2.29. The van der Waals surface area contributed by atoms with E-state index >= 15 is 0 Å². The monoisotopic (exact) mass is 253 g/mol. The zero-order valence-electron chi connectivity index (χ0n) is 9.84. The van der Waals surface area contributed by atoms with Crippen molar-refractivity contribution in [3.8, 4) is 6.07 Å². The molecule has 1 aromatic rings. The van der Waals surface area contributed by atoms with Crippen LogP contribution in [0.2, 0.25) is 0 Å². The summed E-state index contributed by atoms with van der Waals surface area (Å²) >= 11 is 0. The smallest absolute Gasteiger partial charge is 0.202 e. The molecule has 0 aliphatic rings. The van der Waals surface area contributed by atoms with E-state index in [9.17, 15) is 8.42 Å². The lowest BCUT2D eigenvalue weighted by molar-refractivity contribution is 0.456. The molecule has 0 saturated carbocycles. The van der Waals surface area contributed by atoms with Crippen LogP contribution in [0.15, 0.2) is 24.3 Å². The van der Waals surface area contributed by atoms with Gasteiger partial charge in [0.2, 0.25) is 0 Å². The maximum atomic E-state index is 11.6. The standard InChI is InChI=1S/C11H15N3O2S/c1-3-13-17(15,16)14(2)9-11-6-4-5-10(7-11)8-12/h4-7,13H,3,9H2,1-2H3. The number of nitriles is 1. The lowest BCUT2D eigenvalue weighted by Crippen LogP contribution is -2.37. The van der Waals surface area contributed by atoms with Gasteiger partial charge in [-0.05, 0) is 17.7 Å².